The first kappa shape index (κ1) is 17.9. The summed E-state index contributed by atoms with van der Waals surface area (Å²) in [4.78, 5) is 14.9. The van der Waals surface area contributed by atoms with Gasteiger partial charge >= 0.3 is 6.18 Å². The van der Waals surface area contributed by atoms with Crippen molar-refractivity contribution in [3.8, 4) is 0 Å². The van der Waals surface area contributed by atoms with Gasteiger partial charge in [-0.3, -0.25) is 0 Å². The molecule has 0 radical (unpaired) electrons. The number of anilines is 3. The topological polar surface area (TPSA) is 87.8 Å². The van der Waals surface area contributed by atoms with Gasteiger partial charge in [-0.1, -0.05) is 0 Å². The molecule has 0 amide bonds. The van der Waals surface area contributed by atoms with Crippen LogP contribution in [-0.2, 0) is 10.9 Å². The summed E-state index contributed by atoms with van der Waals surface area (Å²) < 4.78 is 44.3. The van der Waals surface area contributed by atoms with Crippen molar-refractivity contribution in [2.24, 2.45) is 0 Å². The van der Waals surface area contributed by atoms with E-state index >= 15 is 0 Å². The van der Waals surface area contributed by atoms with Crippen molar-refractivity contribution in [3.05, 3.63) is 36.3 Å². The van der Waals surface area contributed by atoms with Gasteiger partial charge in [0.15, 0.2) is 0 Å². The van der Waals surface area contributed by atoms with Crippen LogP contribution in [0.5, 0.6) is 0 Å². The van der Waals surface area contributed by atoms with Gasteiger partial charge < -0.3 is 20.4 Å². The number of H-pyrrole nitrogens is 1. The van der Waals surface area contributed by atoms with E-state index in [1.165, 1.54) is 7.11 Å². The van der Waals surface area contributed by atoms with Gasteiger partial charge in [0.05, 0.1) is 11.9 Å². The van der Waals surface area contributed by atoms with E-state index in [-0.39, 0.29) is 11.8 Å². The number of rotatable bonds is 7. The fourth-order valence-corrected chi connectivity index (χ4v) is 2.34. The van der Waals surface area contributed by atoms with Gasteiger partial charge in [-0.15, -0.1) is 0 Å². The Labute approximate surface area is 147 Å². The Morgan fingerprint density at radius 1 is 1.23 bits per heavy atom. The molecule has 7 nitrogen and oxygen atoms in total. The van der Waals surface area contributed by atoms with Gasteiger partial charge in [0.2, 0.25) is 5.95 Å². The summed E-state index contributed by atoms with van der Waals surface area (Å²) in [7, 11) is 1.53. The molecule has 0 aliphatic carbocycles. The first-order valence-electron chi connectivity index (χ1n) is 7.84. The van der Waals surface area contributed by atoms with Crippen LogP contribution in [0.2, 0.25) is 0 Å². The molecule has 0 aliphatic rings. The third kappa shape index (κ3) is 4.20. The summed E-state index contributed by atoms with van der Waals surface area (Å²) in [5.41, 5.74) is 0.367. The van der Waals surface area contributed by atoms with Crippen molar-refractivity contribution < 1.29 is 17.9 Å². The molecule has 0 aliphatic heterocycles. The molecule has 3 N–H and O–H groups in total. The number of fused-ring (bicyclic) bond motifs is 1. The van der Waals surface area contributed by atoms with Crippen molar-refractivity contribution in [2.75, 3.05) is 30.9 Å². The summed E-state index contributed by atoms with van der Waals surface area (Å²) in [5, 5.41) is 6.43. The van der Waals surface area contributed by atoms with Crippen LogP contribution in [0.1, 0.15) is 12.0 Å². The van der Waals surface area contributed by atoms with Crippen LogP contribution in [0.15, 0.2) is 30.7 Å². The smallest absolute Gasteiger partial charge is 0.385 e. The van der Waals surface area contributed by atoms with Gasteiger partial charge in [0, 0.05) is 38.0 Å². The van der Waals surface area contributed by atoms with E-state index in [1.54, 1.807) is 18.5 Å². The Kier molecular flexibility index (Phi) is 5.21. The van der Waals surface area contributed by atoms with Crippen molar-refractivity contribution in [3.63, 3.8) is 0 Å². The zero-order chi connectivity index (χ0) is 18.6. The zero-order valence-corrected chi connectivity index (χ0v) is 13.9. The highest BCUT2D eigenvalue weighted by atomic mass is 19.4. The number of halogens is 3. The minimum atomic E-state index is -4.55. The average Bonchev–Trinajstić information content (AvgIpc) is 3.05. The van der Waals surface area contributed by atoms with Gasteiger partial charge in [-0.05, 0) is 18.6 Å². The van der Waals surface area contributed by atoms with E-state index in [2.05, 4.69) is 30.6 Å². The van der Waals surface area contributed by atoms with Crippen molar-refractivity contribution in [1.82, 2.24) is 19.9 Å². The number of aromatic amines is 1. The maximum absolute atomic E-state index is 13.1. The summed E-state index contributed by atoms with van der Waals surface area (Å²) in [6.07, 6.45) is 0.0578. The first-order chi connectivity index (χ1) is 12.5. The minimum absolute atomic E-state index is 0.0453. The second-order valence-electron chi connectivity index (χ2n) is 5.49. The lowest BCUT2D eigenvalue weighted by atomic mass is 10.3. The number of pyridine rings is 1. The van der Waals surface area contributed by atoms with E-state index < -0.39 is 11.7 Å². The minimum Gasteiger partial charge on any atom is -0.385 e. The summed E-state index contributed by atoms with van der Waals surface area (Å²) in [6, 6.07) is 3.63. The maximum atomic E-state index is 13.1. The molecule has 0 saturated heterocycles. The Hall–Kier alpha value is -2.88. The van der Waals surface area contributed by atoms with Crippen LogP contribution >= 0.6 is 0 Å². The zero-order valence-electron chi connectivity index (χ0n) is 13.9. The Morgan fingerprint density at radius 3 is 2.85 bits per heavy atom. The van der Waals surface area contributed by atoms with Crippen LogP contribution in [-0.4, -0.2) is 40.2 Å². The molecule has 0 spiro atoms. The van der Waals surface area contributed by atoms with Crippen LogP contribution < -0.4 is 10.6 Å². The van der Waals surface area contributed by atoms with Crippen LogP contribution in [0.25, 0.3) is 11.0 Å². The Balaban J connectivity index is 1.82. The second kappa shape index (κ2) is 7.56. The average molecular weight is 366 g/mol. The Bertz CT molecular complexity index is 880. The fourth-order valence-electron chi connectivity index (χ4n) is 2.34. The van der Waals surface area contributed by atoms with Crippen molar-refractivity contribution in [2.45, 2.75) is 12.6 Å². The van der Waals surface area contributed by atoms with Crippen LogP contribution in [0, 0.1) is 0 Å². The molecule has 0 unspecified atom stereocenters. The number of hydrogen-bond acceptors (Lipinski definition) is 6. The van der Waals surface area contributed by atoms with E-state index in [0.29, 0.717) is 30.9 Å². The number of ether oxygens (including phenoxy) is 1. The van der Waals surface area contributed by atoms with Gasteiger partial charge in [-0.25, -0.2) is 9.97 Å². The molecule has 0 atom stereocenters. The number of nitrogens with zero attached hydrogens (tertiary/aromatic N) is 3. The van der Waals surface area contributed by atoms with E-state index in [4.69, 9.17) is 4.74 Å². The summed E-state index contributed by atoms with van der Waals surface area (Å²) >= 11 is 0. The number of nitrogens with one attached hydrogen (secondary N) is 3. The lowest BCUT2D eigenvalue weighted by Crippen LogP contribution is -2.15. The largest absolute Gasteiger partial charge is 0.421 e. The third-order valence-electron chi connectivity index (χ3n) is 3.57. The predicted molar refractivity (Wildman–Crippen MR) is 91.4 cm³/mol. The number of methoxy groups -OCH3 is 1. The molecule has 0 fully saturated rings. The van der Waals surface area contributed by atoms with Crippen molar-refractivity contribution >= 4 is 28.5 Å². The standard InChI is InChI=1S/C16H17F3N6O/c1-26-6-2-4-20-14-12(16(17,18)19)9-23-15(25-14)24-11-7-10-3-5-21-13(10)22-8-11/h3,5,7-9H,2,4,6H2,1H3,(H,21,22)(H2,20,23,24,25). The molecule has 3 aromatic rings. The fraction of sp³-hybridized carbons (Fsp3) is 0.312. The number of aromatic nitrogens is 4. The summed E-state index contributed by atoms with van der Waals surface area (Å²) in [5.74, 6) is -0.231. The highest BCUT2D eigenvalue weighted by Crippen LogP contribution is 2.34. The molecule has 0 bridgehead atoms. The molecule has 10 heteroatoms. The maximum Gasteiger partial charge on any atom is 0.421 e. The van der Waals surface area contributed by atoms with E-state index in [0.717, 1.165) is 11.6 Å². The molecule has 3 heterocycles. The molecule has 3 aromatic heterocycles. The molecule has 138 valence electrons. The van der Waals surface area contributed by atoms with Crippen LogP contribution in [0.3, 0.4) is 0 Å². The molecular weight excluding hydrogens is 349 g/mol. The highest BCUT2D eigenvalue weighted by molar-refractivity contribution is 5.79. The SMILES string of the molecule is COCCCNc1nc(Nc2cnc3[nH]ccc3c2)ncc1C(F)(F)F. The lowest BCUT2D eigenvalue weighted by Gasteiger charge is -2.14. The molecule has 3 rings (SSSR count). The lowest BCUT2D eigenvalue weighted by molar-refractivity contribution is -0.137. The molecule has 26 heavy (non-hydrogen) atoms. The molecular formula is C16H17F3N6O. The normalized spacial score (nSPS) is 11.7. The van der Waals surface area contributed by atoms with Gasteiger partial charge in [0.25, 0.3) is 0 Å². The quantitative estimate of drug-likeness (QED) is 0.554. The van der Waals surface area contributed by atoms with E-state index in [9.17, 15) is 13.2 Å². The van der Waals surface area contributed by atoms with Crippen molar-refractivity contribution in [1.29, 1.82) is 0 Å². The van der Waals surface area contributed by atoms with E-state index in [1.807, 2.05) is 6.07 Å². The number of hydrogen-bond donors (Lipinski definition) is 3. The van der Waals surface area contributed by atoms with Crippen LogP contribution in [0.4, 0.5) is 30.6 Å². The second-order valence-corrected chi connectivity index (χ2v) is 5.49. The molecule has 0 saturated carbocycles. The monoisotopic (exact) mass is 366 g/mol. The highest BCUT2D eigenvalue weighted by Gasteiger charge is 2.35. The predicted octanol–water partition coefficient (Wildman–Crippen LogP) is 3.56. The Morgan fingerprint density at radius 2 is 2.08 bits per heavy atom. The molecule has 0 aromatic carbocycles. The van der Waals surface area contributed by atoms with Gasteiger partial charge in [-0.2, -0.15) is 18.2 Å². The van der Waals surface area contributed by atoms with Gasteiger partial charge in [0.1, 0.15) is 17.0 Å². The third-order valence-corrected chi connectivity index (χ3v) is 3.57. The number of alkyl halides is 3. The summed E-state index contributed by atoms with van der Waals surface area (Å²) in [6.45, 7) is 0.733. The first-order valence-corrected chi connectivity index (χ1v) is 7.84.